The maximum absolute atomic E-state index is 11.5. The van der Waals surface area contributed by atoms with Gasteiger partial charge in [-0.25, -0.2) is 9.78 Å². The molecule has 0 amide bonds. The number of carbonyl (C=O) groups excluding carboxylic acids is 1. The van der Waals surface area contributed by atoms with Crippen LogP contribution >= 0.6 is 0 Å². The van der Waals surface area contributed by atoms with Crippen LogP contribution in [0.4, 0.5) is 0 Å². The lowest BCUT2D eigenvalue weighted by Crippen LogP contribution is -2.03. The normalized spacial score (nSPS) is 10.2. The first-order valence-electron chi connectivity index (χ1n) is 5.46. The zero-order valence-corrected chi connectivity index (χ0v) is 9.88. The Morgan fingerprint density at radius 2 is 2.06 bits per heavy atom. The van der Waals surface area contributed by atoms with Crippen LogP contribution in [0.5, 0.6) is 0 Å². The number of aromatic nitrogens is 2. The summed E-state index contributed by atoms with van der Waals surface area (Å²) in [6, 6.07) is 7.24. The highest BCUT2D eigenvalue weighted by atomic mass is 16.5. The van der Waals surface area contributed by atoms with E-state index >= 15 is 0 Å². The van der Waals surface area contributed by atoms with E-state index < -0.39 is 0 Å². The summed E-state index contributed by atoms with van der Waals surface area (Å²) in [5.74, 6) is -0.292. The molecule has 2 aromatic rings. The van der Waals surface area contributed by atoms with Crippen molar-refractivity contribution in [3.05, 3.63) is 42.4 Å². The molecule has 0 saturated heterocycles. The zero-order chi connectivity index (χ0) is 12.3. The van der Waals surface area contributed by atoms with E-state index in [2.05, 4.69) is 4.98 Å². The quantitative estimate of drug-likeness (QED) is 0.760. The van der Waals surface area contributed by atoms with Gasteiger partial charge in [-0.15, -0.1) is 0 Å². The van der Waals surface area contributed by atoms with Crippen molar-refractivity contribution in [3.8, 4) is 11.3 Å². The SMILES string of the molecule is CCOC(=O)c1ccc(-c2cn(C)cn2)cc1. The first-order valence-corrected chi connectivity index (χ1v) is 5.46. The number of nitrogens with zero attached hydrogens (tertiary/aromatic N) is 2. The van der Waals surface area contributed by atoms with Gasteiger partial charge in [-0.2, -0.15) is 0 Å². The van der Waals surface area contributed by atoms with Crippen LogP contribution in [0, 0.1) is 0 Å². The van der Waals surface area contributed by atoms with Crippen molar-refractivity contribution in [3.63, 3.8) is 0 Å². The monoisotopic (exact) mass is 230 g/mol. The van der Waals surface area contributed by atoms with Crippen LogP contribution in [0.1, 0.15) is 17.3 Å². The molecule has 17 heavy (non-hydrogen) atoms. The van der Waals surface area contributed by atoms with Crippen LogP contribution < -0.4 is 0 Å². The number of esters is 1. The Balaban J connectivity index is 2.21. The van der Waals surface area contributed by atoms with Crippen molar-refractivity contribution < 1.29 is 9.53 Å². The molecule has 0 aliphatic rings. The molecule has 88 valence electrons. The molecule has 0 fully saturated rings. The highest BCUT2D eigenvalue weighted by Crippen LogP contribution is 2.17. The van der Waals surface area contributed by atoms with Gasteiger partial charge in [-0.3, -0.25) is 0 Å². The largest absolute Gasteiger partial charge is 0.462 e. The number of carbonyl (C=O) groups is 1. The summed E-state index contributed by atoms with van der Waals surface area (Å²) in [6.07, 6.45) is 3.67. The molecule has 0 saturated carbocycles. The molecule has 0 unspecified atom stereocenters. The van der Waals surface area contributed by atoms with E-state index in [0.29, 0.717) is 12.2 Å². The van der Waals surface area contributed by atoms with Gasteiger partial charge in [-0.05, 0) is 19.1 Å². The number of rotatable bonds is 3. The highest BCUT2D eigenvalue weighted by molar-refractivity contribution is 5.89. The third kappa shape index (κ3) is 2.53. The second kappa shape index (κ2) is 4.82. The fourth-order valence-corrected chi connectivity index (χ4v) is 1.55. The smallest absolute Gasteiger partial charge is 0.338 e. The summed E-state index contributed by atoms with van der Waals surface area (Å²) >= 11 is 0. The van der Waals surface area contributed by atoms with E-state index in [0.717, 1.165) is 11.3 Å². The van der Waals surface area contributed by atoms with E-state index in [4.69, 9.17) is 4.74 Å². The minimum atomic E-state index is -0.292. The van der Waals surface area contributed by atoms with E-state index in [-0.39, 0.29) is 5.97 Å². The van der Waals surface area contributed by atoms with Gasteiger partial charge in [0.2, 0.25) is 0 Å². The number of aryl methyl sites for hydroxylation is 1. The van der Waals surface area contributed by atoms with E-state index in [9.17, 15) is 4.79 Å². The minimum absolute atomic E-state index is 0.292. The Morgan fingerprint density at radius 3 is 2.59 bits per heavy atom. The number of hydrogen-bond acceptors (Lipinski definition) is 3. The van der Waals surface area contributed by atoms with Crippen LogP contribution in [0.15, 0.2) is 36.8 Å². The molecule has 1 aromatic heterocycles. The molecule has 1 heterocycles. The number of ether oxygens (including phenoxy) is 1. The Bertz CT molecular complexity index is 514. The van der Waals surface area contributed by atoms with Gasteiger partial charge in [0, 0.05) is 18.8 Å². The van der Waals surface area contributed by atoms with Gasteiger partial charge in [-0.1, -0.05) is 12.1 Å². The predicted octanol–water partition coefficient (Wildman–Crippen LogP) is 2.26. The predicted molar refractivity (Wildman–Crippen MR) is 64.6 cm³/mol. The standard InChI is InChI=1S/C13H14N2O2/c1-3-17-13(16)11-6-4-10(5-7-11)12-8-15(2)9-14-12/h4-9H,3H2,1-2H3. The summed E-state index contributed by atoms with van der Waals surface area (Å²) < 4.78 is 6.80. The lowest BCUT2D eigenvalue weighted by Gasteiger charge is -2.02. The summed E-state index contributed by atoms with van der Waals surface area (Å²) in [5, 5.41) is 0. The fourth-order valence-electron chi connectivity index (χ4n) is 1.55. The summed E-state index contributed by atoms with van der Waals surface area (Å²) in [5.41, 5.74) is 2.44. The van der Waals surface area contributed by atoms with Gasteiger partial charge in [0.25, 0.3) is 0 Å². The third-order valence-corrected chi connectivity index (χ3v) is 2.40. The molecule has 0 aliphatic carbocycles. The molecule has 0 spiro atoms. The van der Waals surface area contributed by atoms with E-state index in [1.165, 1.54) is 0 Å². The highest BCUT2D eigenvalue weighted by Gasteiger charge is 2.07. The molecule has 1 aromatic carbocycles. The summed E-state index contributed by atoms with van der Waals surface area (Å²) in [4.78, 5) is 15.7. The summed E-state index contributed by atoms with van der Waals surface area (Å²) in [7, 11) is 1.92. The van der Waals surface area contributed by atoms with Crippen LogP contribution in [0.25, 0.3) is 11.3 Å². The average Bonchev–Trinajstić information content (AvgIpc) is 2.76. The van der Waals surface area contributed by atoms with Crippen LogP contribution in [0.2, 0.25) is 0 Å². The second-order valence-corrected chi connectivity index (χ2v) is 3.72. The Labute approximate surface area is 99.9 Å². The van der Waals surface area contributed by atoms with Gasteiger partial charge in [0.1, 0.15) is 0 Å². The average molecular weight is 230 g/mol. The molecule has 4 heteroatoms. The number of benzene rings is 1. The Kier molecular flexibility index (Phi) is 3.23. The van der Waals surface area contributed by atoms with Gasteiger partial charge < -0.3 is 9.30 Å². The molecule has 0 N–H and O–H groups in total. The topological polar surface area (TPSA) is 44.1 Å². The molecular formula is C13H14N2O2. The maximum Gasteiger partial charge on any atom is 0.338 e. The van der Waals surface area contributed by atoms with E-state index in [1.54, 1.807) is 25.4 Å². The van der Waals surface area contributed by atoms with Crippen LogP contribution in [-0.2, 0) is 11.8 Å². The van der Waals surface area contributed by atoms with E-state index in [1.807, 2.05) is 29.9 Å². The van der Waals surface area contributed by atoms with Crippen LogP contribution in [0.3, 0.4) is 0 Å². The molecule has 0 aliphatic heterocycles. The first-order chi connectivity index (χ1) is 8.20. The maximum atomic E-state index is 11.5. The molecule has 0 bridgehead atoms. The second-order valence-electron chi connectivity index (χ2n) is 3.72. The lowest BCUT2D eigenvalue weighted by molar-refractivity contribution is 0.0526. The Hall–Kier alpha value is -2.10. The zero-order valence-electron chi connectivity index (χ0n) is 9.88. The molecule has 4 nitrogen and oxygen atoms in total. The van der Waals surface area contributed by atoms with Gasteiger partial charge in [0.05, 0.1) is 24.2 Å². The lowest BCUT2D eigenvalue weighted by atomic mass is 10.1. The minimum Gasteiger partial charge on any atom is -0.462 e. The summed E-state index contributed by atoms with van der Waals surface area (Å²) in [6.45, 7) is 2.18. The number of hydrogen-bond donors (Lipinski definition) is 0. The Morgan fingerprint density at radius 1 is 1.35 bits per heavy atom. The van der Waals surface area contributed by atoms with Crippen molar-refractivity contribution in [2.24, 2.45) is 7.05 Å². The van der Waals surface area contributed by atoms with Crippen molar-refractivity contribution in [1.82, 2.24) is 9.55 Å². The van der Waals surface area contributed by atoms with Gasteiger partial charge >= 0.3 is 5.97 Å². The molecule has 0 atom stereocenters. The number of imidazole rings is 1. The van der Waals surface area contributed by atoms with Crippen LogP contribution in [-0.4, -0.2) is 22.1 Å². The van der Waals surface area contributed by atoms with Gasteiger partial charge in [0.15, 0.2) is 0 Å². The third-order valence-electron chi connectivity index (χ3n) is 2.40. The first kappa shape index (κ1) is 11.4. The van der Waals surface area contributed by atoms with Crippen molar-refractivity contribution >= 4 is 5.97 Å². The van der Waals surface area contributed by atoms with Crippen molar-refractivity contribution in [2.75, 3.05) is 6.61 Å². The molecule has 2 rings (SSSR count). The molecular weight excluding hydrogens is 216 g/mol. The van der Waals surface area contributed by atoms with Crippen molar-refractivity contribution in [1.29, 1.82) is 0 Å². The van der Waals surface area contributed by atoms with Crippen molar-refractivity contribution in [2.45, 2.75) is 6.92 Å². The fraction of sp³-hybridized carbons (Fsp3) is 0.231. The molecule has 0 radical (unpaired) electrons.